The fourth-order valence-electron chi connectivity index (χ4n) is 2.26. The molecular weight excluding hydrogens is 280 g/mol. The number of carbonyl (C=O) groups is 2. The van der Waals surface area contributed by atoms with Crippen molar-refractivity contribution in [3.63, 3.8) is 0 Å². The zero-order chi connectivity index (χ0) is 15.5. The number of hydrogen-bond acceptors (Lipinski definition) is 2. The predicted molar refractivity (Wildman–Crippen MR) is 85.9 cm³/mol. The summed E-state index contributed by atoms with van der Waals surface area (Å²) >= 11 is 0. The first kappa shape index (κ1) is 13.7. The van der Waals surface area contributed by atoms with E-state index in [-0.39, 0.29) is 5.56 Å². The molecule has 0 aliphatic rings. The van der Waals surface area contributed by atoms with Gasteiger partial charge >= 0.3 is 6.03 Å². The molecule has 3 aromatic rings. The molecule has 0 bridgehead atoms. The molecule has 1 aromatic heterocycles. The molecule has 5 N–H and O–H groups in total. The number of fused-ring (bicyclic) bond motifs is 1. The fraction of sp³-hybridized carbons (Fsp3) is 0. The first-order valence-electron chi connectivity index (χ1n) is 6.68. The van der Waals surface area contributed by atoms with E-state index in [1.165, 1.54) is 0 Å². The van der Waals surface area contributed by atoms with Crippen LogP contribution in [0, 0.1) is 0 Å². The topological polar surface area (TPSA) is 100 Å². The van der Waals surface area contributed by atoms with E-state index in [0.29, 0.717) is 11.4 Å². The van der Waals surface area contributed by atoms with Crippen LogP contribution in [0.4, 0.5) is 16.2 Å². The monoisotopic (exact) mass is 294 g/mol. The minimum absolute atomic E-state index is 0.261. The number of H-pyrrole nitrogens is 1. The molecule has 22 heavy (non-hydrogen) atoms. The Labute approximate surface area is 126 Å². The Hall–Kier alpha value is -3.28. The van der Waals surface area contributed by atoms with Gasteiger partial charge in [-0.2, -0.15) is 0 Å². The normalized spacial score (nSPS) is 10.4. The minimum Gasteiger partial charge on any atom is -0.366 e. The van der Waals surface area contributed by atoms with Crippen molar-refractivity contribution in [2.45, 2.75) is 0 Å². The molecule has 0 aliphatic heterocycles. The van der Waals surface area contributed by atoms with Crippen LogP contribution >= 0.6 is 0 Å². The number of para-hydroxylation sites is 2. The third kappa shape index (κ3) is 2.62. The SMILES string of the molecule is NC(=O)c1ccccc1NC(=O)Nc1c[nH]c2ccccc12. The lowest BCUT2D eigenvalue weighted by atomic mass is 10.1. The van der Waals surface area contributed by atoms with E-state index < -0.39 is 11.9 Å². The van der Waals surface area contributed by atoms with Crippen molar-refractivity contribution < 1.29 is 9.59 Å². The highest BCUT2D eigenvalue weighted by molar-refractivity contribution is 6.08. The van der Waals surface area contributed by atoms with Crippen molar-refractivity contribution in [3.05, 3.63) is 60.3 Å². The van der Waals surface area contributed by atoms with Crippen LogP contribution < -0.4 is 16.4 Å². The van der Waals surface area contributed by atoms with Crippen LogP contribution in [0.5, 0.6) is 0 Å². The van der Waals surface area contributed by atoms with Gasteiger partial charge in [-0.3, -0.25) is 4.79 Å². The van der Waals surface area contributed by atoms with E-state index in [9.17, 15) is 9.59 Å². The summed E-state index contributed by atoms with van der Waals surface area (Å²) < 4.78 is 0. The molecule has 0 aliphatic carbocycles. The number of nitrogens with one attached hydrogen (secondary N) is 3. The zero-order valence-electron chi connectivity index (χ0n) is 11.6. The molecule has 0 spiro atoms. The number of carbonyl (C=O) groups excluding carboxylic acids is 2. The summed E-state index contributed by atoms with van der Waals surface area (Å²) in [7, 11) is 0. The molecule has 0 atom stereocenters. The van der Waals surface area contributed by atoms with Gasteiger partial charge in [0.2, 0.25) is 0 Å². The molecule has 0 fully saturated rings. The van der Waals surface area contributed by atoms with Crippen LogP contribution in [0.25, 0.3) is 10.9 Å². The lowest BCUT2D eigenvalue weighted by Crippen LogP contribution is -2.22. The second-order valence-corrected chi connectivity index (χ2v) is 4.74. The van der Waals surface area contributed by atoms with Crippen LogP contribution in [0.15, 0.2) is 54.7 Å². The summed E-state index contributed by atoms with van der Waals surface area (Å²) in [6, 6.07) is 13.8. The van der Waals surface area contributed by atoms with Crippen molar-refractivity contribution in [1.29, 1.82) is 0 Å². The number of amides is 3. The van der Waals surface area contributed by atoms with Gasteiger partial charge in [0.05, 0.1) is 16.9 Å². The number of aromatic nitrogens is 1. The average molecular weight is 294 g/mol. The molecule has 3 rings (SSSR count). The van der Waals surface area contributed by atoms with Crippen LogP contribution in [-0.4, -0.2) is 16.9 Å². The summed E-state index contributed by atoms with van der Waals surface area (Å²) in [6.07, 6.45) is 1.71. The van der Waals surface area contributed by atoms with E-state index in [1.54, 1.807) is 30.5 Å². The van der Waals surface area contributed by atoms with Crippen LogP contribution in [0.3, 0.4) is 0 Å². The van der Waals surface area contributed by atoms with E-state index >= 15 is 0 Å². The molecule has 2 aromatic carbocycles. The third-order valence-corrected chi connectivity index (χ3v) is 3.28. The predicted octanol–water partition coefficient (Wildman–Crippen LogP) is 2.91. The Morgan fingerprint density at radius 3 is 2.41 bits per heavy atom. The van der Waals surface area contributed by atoms with Crippen molar-refractivity contribution in [3.8, 4) is 0 Å². The van der Waals surface area contributed by atoms with Gasteiger partial charge in [-0.05, 0) is 18.2 Å². The molecule has 0 saturated carbocycles. The maximum Gasteiger partial charge on any atom is 0.323 e. The molecule has 1 heterocycles. The first-order valence-corrected chi connectivity index (χ1v) is 6.68. The molecule has 110 valence electrons. The lowest BCUT2D eigenvalue weighted by molar-refractivity contribution is 0.100. The summed E-state index contributed by atoms with van der Waals surface area (Å²) in [5, 5.41) is 6.28. The Bertz CT molecular complexity index is 854. The Morgan fingerprint density at radius 1 is 0.909 bits per heavy atom. The minimum atomic E-state index is -0.594. The summed E-state index contributed by atoms with van der Waals surface area (Å²) in [4.78, 5) is 26.5. The van der Waals surface area contributed by atoms with Gasteiger partial charge in [0, 0.05) is 17.1 Å². The van der Waals surface area contributed by atoms with Gasteiger partial charge < -0.3 is 21.4 Å². The number of hydrogen-bond donors (Lipinski definition) is 4. The molecule has 0 unspecified atom stereocenters. The highest BCUT2D eigenvalue weighted by atomic mass is 16.2. The number of aromatic amines is 1. The summed E-state index contributed by atoms with van der Waals surface area (Å²) in [6.45, 7) is 0. The number of benzene rings is 2. The number of anilines is 2. The fourth-order valence-corrected chi connectivity index (χ4v) is 2.26. The van der Waals surface area contributed by atoms with Crippen molar-refractivity contribution in [1.82, 2.24) is 4.98 Å². The first-order chi connectivity index (χ1) is 10.6. The van der Waals surface area contributed by atoms with Gasteiger partial charge in [0.1, 0.15) is 0 Å². The largest absolute Gasteiger partial charge is 0.366 e. The number of nitrogens with two attached hydrogens (primary N) is 1. The van der Waals surface area contributed by atoms with Crippen LogP contribution in [-0.2, 0) is 0 Å². The number of rotatable bonds is 3. The van der Waals surface area contributed by atoms with Crippen molar-refractivity contribution >= 4 is 34.2 Å². The Kier molecular flexibility index (Phi) is 3.49. The maximum absolute atomic E-state index is 12.1. The highest BCUT2D eigenvalue weighted by Crippen LogP contribution is 2.23. The maximum atomic E-state index is 12.1. The molecule has 0 saturated heterocycles. The molecule has 6 nitrogen and oxygen atoms in total. The smallest absolute Gasteiger partial charge is 0.323 e. The molecule has 3 amide bonds. The summed E-state index contributed by atoms with van der Waals surface area (Å²) in [5.41, 5.74) is 7.50. The van der Waals surface area contributed by atoms with Crippen LogP contribution in [0.1, 0.15) is 10.4 Å². The quantitative estimate of drug-likeness (QED) is 0.597. The molecular formula is C16H14N4O2. The second kappa shape index (κ2) is 5.61. The average Bonchev–Trinajstić information content (AvgIpc) is 2.91. The summed E-state index contributed by atoms with van der Waals surface area (Å²) in [5.74, 6) is -0.594. The van der Waals surface area contributed by atoms with Gasteiger partial charge in [-0.15, -0.1) is 0 Å². The zero-order valence-corrected chi connectivity index (χ0v) is 11.6. The molecule has 0 radical (unpaired) electrons. The van der Waals surface area contributed by atoms with Crippen LogP contribution in [0.2, 0.25) is 0 Å². The third-order valence-electron chi connectivity index (χ3n) is 3.28. The standard InChI is InChI=1S/C16H14N4O2/c17-15(21)11-6-2-4-8-13(11)19-16(22)20-14-9-18-12-7-3-1-5-10(12)14/h1-9,18H,(H2,17,21)(H2,19,20,22). The van der Waals surface area contributed by atoms with Crippen molar-refractivity contribution in [2.75, 3.05) is 10.6 Å². The highest BCUT2D eigenvalue weighted by Gasteiger charge is 2.11. The van der Waals surface area contributed by atoms with Gasteiger partial charge in [0.25, 0.3) is 5.91 Å². The van der Waals surface area contributed by atoms with Crippen molar-refractivity contribution in [2.24, 2.45) is 5.73 Å². The Balaban J connectivity index is 1.80. The number of urea groups is 1. The van der Waals surface area contributed by atoms with Gasteiger partial charge in [-0.25, -0.2) is 4.79 Å². The van der Waals surface area contributed by atoms with E-state index in [0.717, 1.165) is 10.9 Å². The van der Waals surface area contributed by atoms with E-state index in [4.69, 9.17) is 5.73 Å². The van der Waals surface area contributed by atoms with Gasteiger partial charge in [0.15, 0.2) is 0 Å². The van der Waals surface area contributed by atoms with E-state index in [2.05, 4.69) is 15.6 Å². The van der Waals surface area contributed by atoms with E-state index in [1.807, 2.05) is 24.3 Å². The van der Waals surface area contributed by atoms with Gasteiger partial charge in [-0.1, -0.05) is 30.3 Å². The lowest BCUT2D eigenvalue weighted by Gasteiger charge is -2.09. The number of primary amides is 1. The Morgan fingerprint density at radius 2 is 1.59 bits per heavy atom. The molecule has 6 heteroatoms. The second-order valence-electron chi connectivity index (χ2n) is 4.74.